The van der Waals surface area contributed by atoms with Crippen molar-refractivity contribution < 1.29 is 5.11 Å². The zero-order chi connectivity index (χ0) is 14.7. The molecule has 0 radical (unpaired) electrons. The van der Waals surface area contributed by atoms with E-state index >= 15 is 0 Å². The van der Waals surface area contributed by atoms with Crippen LogP contribution in [-0.2, 0) is 0 Å². The summed E-state index contributed by atoms with van der Waals surface area (Å²) < 4.78 is 2.89. The van der Waals surface area contributed by atoms with Crippen LogP contribution in [0.4, 0.5) is 0 Å². The first-order valence-electron chi connectivity index (χ1n) is 7.08. The number of thioether (sulfide) groups is 1. The van der Waals surface area contributed by atoms with Gasteiger partial charge in [0.1, 0.15) is 0 Å². The molecule has 3 rings (SSSR count). The molecular formula is C14H17BrN4OS. The molecule has 1 aliphatic rings. The predicted molar refractivity (Wildman–Crippen MR) is 85.1 cm³/mol. The van der Waals surface area contributed by atoms with Crippen molar-refractivity contribution >= 4 is 27.7 Å². The van der Waals surface area contributed by atoms with E-state index < -0.39 is 6.10 Å². The maximum absolute atomic E-state index is 10.3. The van der Waals surface area contributed by atoms with Gasteiger partial charge < -0.3 is 5.11 Å². The van der Waals surface area contributed by atoms with Crippen molar-refractivity contribution in [3.63, 3.8) is 0 Å². The summed E-state index contributed by atoms with van der Waals surface area (Å²) in [5.41, 5.74) is 0.900. The number of rotatable bonds is 5. The topological polar surface area (TPSA) is 63.8 Å². The molecule has 5 nitrogen and oxygen atoms in total. The van der Waals surface area contributed by atoms with E-state index in [1.807, 2.05) is 28.9 Å². The highest BCUT2D eigenvalue weighted by Gasteiger charge is 2.22. The van der Waals surface area contributed by atoms with E-state index in [9.17, 15) is 5.11 Å². The lowest BCUT2D eigenvalue weighted by Crippen LogP contribution is -2.09. The summed E-state index contributed by atoms with van der Waals surface area (Å²) in [5, 5.41) is 23.1. The molecule has 0 amide bonds. The van der Waals surface area contributed by atoms with Gasteiger partial charge in [0, 0.05) is 10.2 Å². The van der Waals surface area contributed by atoms with Gasteiger partial charge in [-0.1, -0.05) is 52.7 Å². The fourth-order valence-corrected chi connectivity index (χ4v) is 3.95. The Bertz CT molecular complexity index is 600. The van der Waals surface area contributed by atoms with Gasteiger partial charge in [-0.05, 0) is 41.0 Å². The smallest absolute Gasteiger partial charge is 0.209 e. The Hall–Kier alpha value is -0.920. The summed E-state index contributed by atoms with van der Waals surface area (Å²) in [5.74, 6) is 0.545. The molecule has 21 heavy (non-hydrogen) atoms. The number of aliphatic hydroxyl groups is 1. The van der Waals surface area contributed by atoms with E-state index in [1.54, 1.807) is 0 Å². The molecule has 1 aromatic carbocycles. The number of hydrogen-bond acceptors (Lipinski definition) is 5. The number of aromatic nitrogens is 4. The molecule has 0 saturated heterocycles. The molecule has 1 aliphatic carbocycles. The number of tetrazole rings is 1. The third-order valence-corrected chi connectivity index (χ3v) is 5.24. The summed E-state index contributed by atoms with van der Waals surface area (Å²) >= 11 is 4.93. The lowest BCUT2D eigenvalue weighted by atomic mass is 10.1. The van der Waals surface area contributed by atoms with E-state index in [0.717, 1.165) is 28.0 Å². The standard InChI is InChI=1S/C14H17BrN4OS/c15-11-5-3-4-10(8-11)13(20)9-21-14-16-17-18-19(14)12-6-1-2-7-12/h3-5,8,12-13,20H,1-2,6-7,9H2/t13-/m1/s1. The minimum absolute atomic E-state index is 0.422. The molecule has 7 heteroatoms. The summed E-state index contributed by atoms with van der Waals surface area (Å²) in [4.78, 5) is 0. The van der Waals surface area contributed by atoms with Crippen molar-refractivity contribution in [2.45, 2.75) is 43.0 Å². The van der Waals surface area contributed by atoms with Crippen LogP contribution >= 0.6 is 27.7 Å². The second kappa shape index (κ2) is 6.89. The van der Waals surface area contributed by atoms with E-state index in [1.165, 1.54) is 24.6 Å². The van der Waals surface area contributed by atoms with Crippen molar-refractivity contribution in [3.05, 3.63) is 34.3 Å². The number of nitrogens with zero attached hydrogens (tertiary/aromatic N) is 4. The molecule has 1 N–H and O–H groups in total. The molecule has 112 valence electrons. The normalized spacial score (nSPS) is 17.2. The molecule has 1 heterocycles. The van der Waals surface area contributed by atoms with E-state index in [4.69, 9.17) is 0 Å². The summed E-state index contributed by atoms with van der Waals surface area (Å²) in [6.07, 6.45) is 4.26. The Kier molecular flexibility index (Phi) is 4.92. The highest BCUT2D eigenvalue weighted by molar-refractivity contribution is 9.10. The number of benzene rings is 1. The van der Waals surface area contributed by atoms with Gasteiger partial charge in [-0.2, -0.15) is 0 Å². The molecule has 1 aromatic heterocycles. The molecular weight excluding hydrogens is 352 g/mol. The van der Waals surface area contributed by atoms with Crippen LogP contribution < -0.4 is 0 Å². The number of hydrogen-bond donors (Lipinski definition) is 1. The molecule has 0 spiro atoms. The summed E-state index contributed by atoms with van der Waals surface area (Å²) in [7, 11) is 0. The van der Waals surface area contributed by atoms with Crippen LogP contribution in [0.25, 0.3) is 0 Å². The van der Waals surface area contributed by atoms with E-state index in [0.29, 0.717) is 11.8 Å². The molecule has 1 fully saturated rings. The zero-order valence-electron chi connectivity index (χ0n) is 11.5. The van der Waals surface area contributed by atoms with Gasteiger partial charge in [-0.15, -0.1) is 5.10 Å². The highest BCUT2D eigenvalue weighted by atomic mass is 79.9. The lowest BCUT2D eigenvalue weighted by Gasteiger charge is -2.13. The molecule has 2 aromatic rings. The fourth-order valence-electron chi connectivity index (χ4n) is 2.62. The second-order valence-corrected chi connectivity index (χ2v) is 7.13. The van der Waals surface area contributed by atoms with Crippen molar-refractivity contribution in [2.24, 2.45) is 0 Å². The van der Waals surface area contributed by atoms with Gasteiger partial charge in [-0.25, -0.2) is 4.68 Å². The molecule has 1 atom stereocenters. The predicted octanol–water partition coefficient (Wildman–Crippen LogP) is 3.38. The summed E-state index contributed by atoms with van der Waals surface area (Å²) in [6, 6.07) is 8.16. The van der Waals surface area contributed by atoms with Gasteiger partial charge >= 0.3 is 0 Å². The van der Waals surface area contributed by atoms with Crippen molar-refractivity contribution in [2.75, 3.05) is 5.75 Å². The van der Waals surface area contributed by atoms with Crippen LogP contribution in [0.5, 0.6) is 0 Å². The van der Waals surface area contributed by atoms with Crippen molar-refractivity contribution in [3.8, 4) is 0 Å². The fraction of sp³-hybridized carbons (Fsp3) is 0.500. The first-order valence-corrected chi connectivity index (χ1v) is 8.86. The van der Waals surface area contributed by atoms with Crippen molar-refractivity contribution in [1.29, 1.82) is 0 Å². The van der Waals surface area contributed by atoms with Crippen LogP contribution in [0.2, 0.25) is 0 Å². The van der Waals surface area contributed by atoms with Gasteiger partial charge in [0.15, 0.2) is 0 Å². The third kappa shape index (κ3) is 3.64. The number of halogens is 1. The first kappa shape index (κ1) is 15.0. The molecule has 0 bridgehead atoms. The SMILES string of the molecule is O[C@H](CSc1nnnn1C1CCCC1)c1cccc(Br)c1. The van der Waals surface area contributed by atoms with Gasteiger partial charge in [0.2, 0.25) is 5.16 Å². The minimum atomic E-state index is -0.527. The van der Waals surface area contributed by atoms with Crippen molar-refractivity contribution in [1.82, 2.24) is 20.2 Å². The maximum atomic E-state index is 10.3. The molecule has 1 saturated carbocycles. The summed E-state index contributed by atoms with van der Waals surface area (Å²) in [6.45, 7) is 0. The Morgan fingerprint density at radius 2 is 2.19 bits per heavy atom. The minimum Gasteiger partial charge on any atom is -0.388 e. The van der Waals surface area contributed by atoms with Crippen LogP contribution in [0, 0.1) is 0 Å². The van der Waals surface area contributed by atoms with E-state index in [2.05, 4.69) is 31.5 Å². The van der Waals surface area contributed by atoms with Gasteiger partial charge in [-0.3, -0.25) is 0 Å². The Labute approximate surface area is 136 Å². The average Bonchev–Trinajstić information content (AvgIpc) is 3.15. The molecule has 0 aliphatic heterocycles. The van der Waals surface area contributed by atoms with E-state index in [-0.39, 0.29) is 0 Å². The Balaban J connectivity index is 1.64. The van der Waals surface area contributed by atoms with Crippen LogP contribution in [0.15, 0.2) is 33.9 Å². The quantitative estimate of drug-likeness (QED) is 0.819. The van der Waals surface area contributed by atoms with Crippen LogP contribution in [0.3, 0.4) is 0 Å². The van der Waals surface area contributed by atoms with Crippen LogP contribution in [-0.4, -0.2) is 31.1 Å². The molecule has 0 unspecified atom stereocenters. The Morgan fingerprint density at radius 1 is 1.38 bits per heavy atom. The number of aliphatic hydroxyl groups excluding tert-OH is 1. The van der Waals surface area contributed by atoms with Crippen LogP contribution in [0.1, 0.15) is 43.4 Å². The monoisotopic (exact) mass is 368 g/mol. The lowest BCUT2D eigenvalue weighted by molar-refractivity contribution is 0.204. The Morgan fingerprint density at radius 3 is 2.95 bits per heavy atom. The van der Waals surface area contributed by atoms with Gasteiger partial charge in [0.25, 0.3) is 0 Å². The average molecular weight is 369 g/mol. The largest absolute Gasteiger partial charge is 0.388 e. The zero-order valence-corrected chi connectivity index (χ0v) is 13.9. The highest BCUT2D eigenvalue weighted by Crippen LogP contribution is 2.32. The second-order valence-electron chi connectivity index (χ2n) is 5.23. The van der Waals surface area contributed by atoms with Gasteiger partial charge in [0.05, 0.1) is 12.1 Å². The third-order valence-electron chi connectivity index (χ3n) is 3.74. The first-order chi connectivity index (χ1) is 10.2. The maximum Gasteiger partial charge on any atom is 0.209 e.